The van der Waals surface area contributed by atoms with E-state index < -0.39 is 64.0 Å². The quantitative estimate of drug-likeness (QED) is 0.0918. The Hall–Kier alpha value is -3.78. The maximum absolute atomic E-state index is 14.0. The summed E-state index contributed by atoms with van der Waals surface area (Å²) in [5.74, 6) is -2.77. The van der Waals surface area contributed by atoms with Gasteiger partial charge in [0, 0.05) is 48.1 Å². The second-order valence-corrected chi connectivity index (χ2v) is 15.4. The van der Waals surface area contributed by atoms with Gasteiger partial charge >= 0.3 is 5.97 Å². The van der Waals surface area contributed by atoms with Crippen LogP contribution in [-0.4, -0.2) is 70.5 Å². The van der Waals surface area contributed by atoms with Crippen LogP contribution in [0.2, 0.25) is 0 Å². The standard InChI is InChI=1S/C37H45NO12/c1-16-10-11-21-17(2)33(48-34-37(21)22(16)14-35(6,15-45-34)49-50-37)47-25(41)9-8-12-38-19(4)26-23(40)13-24-36(7,32(26)44)28-30(43)18(3)29(42)27(20(5)39)31(28)46-24/h13,16-17,21-22,33-34,38,42-43H,8-12,14-15H2,1-7H3/b26-19+/t16-,17-,21+,22?,33-,34+,35?,36+,37+/m1/s1. The fourth-order valence-corrected chi connectivity index (χ4v) is 9.14. The van der Waals surface area contributed by atoms with Gasteiger partial charge in [-0.05, 0) is 66.2 Å². The maximum atomic E-state index is 14.0. The Kier molecular flexibility index (Phi) is 8.25. The maximum Gasteiger partial charge on any atom is 0.308 e. The largest absolute Gasteiger partial charge is 0.507 e. The van der Waals surface area contributed by atoms with Crippen LogP contribution in [0.25, 0.3) is 0 Å². The van der Waals surface area contributed by atoms with Gasteiger partial charge in [0.2, 0.25) is 6.29 Å². The molecule has 5 fully saturated rings. The minimum Gasteiger partial charge on any atom is -0.507 e. The molecule has 1 saturated carbocycles. The number of carbonyl (C=O) groups excluding carboxylic acids is 4. The summed E-state index contributed by atoms with van der Waals surface area (Å²) in [7, 11) is 0. The van der Waals surface area contributed by atoms with Gasteiger partial charge in [-0.25, -0.2) is 9.78 Å². The number of Topliss-reactive ketones (excluding diaryl/α,β-unsaturated/α-hetero) is 2. The van der Waals surface area contributed by atoms with Gasteiger partial charge in [-0.2, -0.15) is 0 Å². The number of allylic oxidation sites excluding steroid dienone is 4. The molecule has 0 amide bonds. The van der Waals surface area contributed by atoms with Crippen molar-refractivity contribution in [2.45, 2.75) is 110 Å². The van der Waals surface area contributed by atoms with Crippen LogP contribution in [0.3, 0.4) is 0 Å². The highest BCUT2D eigenvalue weighted by Gasteiger charge is 2.69. The first-order chi connectivity index (χ1) is 23.5. The topological polar surface area (TPSA) is 176 Å². The monoisotopic (exact) mass is 695 g/mol. The zero-order chi connectivity index (χ0) is 36.1. The first-order valence-electron chi connectivity index (χ1n) is 17.4. The lowest BCUT2D eigenvalue weighted by molar-refractivity contribution is -0.494. The highest BCUT2D eigenvalue weighted by molar-refractivity contribution is 6.31. The smallest absolute Gasteiger partial charge is 0.308 e. The lowest BCUT2D eigenvalue weighted by Gasteiger charge is -2.59. The summed E-state index contributed by atoms with van der Waals surface area (Å²) < 4.78 is 24.3. The van der Waals surface area contributed by atoms with E-state index in [9.17, 15) is 29.4 Å². The van der Waals surface area contributed by atoms with E-state index in [1.165, 1.54) is 26.8 Å². The second kappa shape index (κ2) is 11.9. The summed E-state index contributed by atoms with van der Waals surface area (Å²) in [5.41, 5.74) is -2.92. The van der Waals surface area contributed by atoms with Gasteiger partial charge in [0.15, 0.2) is 29.2 Å². The van der Waals surface area contributed by atoms with Crippen molar-refractivity contribution >= 4 is 23.3 Å². The Morgan fingerprint density at radius 3 is 2.52 bits per heavy atom. The van der Waals surface area contributed by atoms with Crippen molar-refractivity contribution in [1.29, 1.82) is 0 Å². The Morgan fingerprint density at radius 1 is 1.06 bits per heavy atom. The van der Waals surface area contributed by atoms with Crippen LogP contribution in [0.15, 0.2) is 23.1 Å². The van der Waals surface area contributed by atoms with Gasteiger partial charge in [0.25, 0.3) is 0 Å². The van der Waals surface area contributed by atoms with Crippen molar-refractivity contribution < 1.29 is 58.1 Å². The number of ketones is 3. The van der Waals surface area contributed by atoms with Crippen molar-refractivity contribution in [3.63, 3.8) is 0 Å². The van der Waals surface area contributed by atoms with Crippen LogP contribution in [0, 0.1) is 30.6 Å². The minimum absolute atomic E-state index is 0.0173. The molecule has 3 N–H and O–H groups in total. The van der Waals surface area contributed by atoms with Gasteiger partial charge in [-0.15, -0.1) is 0 Å². The zero-order valence-corrected chi connectivity index (χ0v) is 29.5. The van der Waals surface area contributed by atoms with E-state index in [2.05, 4.69) is 12.2 Å². The summed E-state index contributed by atoms with van der Waals surface area (Å²) in [5, 5.41) is 24.7. The third kappa shape index (κ3) is 4.87. The molecule has 5 aliphatic heterocycles. The number of benzene rings is 1. The number of rotatable bonds is 7. The van der Waals surface area contributed by atoms with E-state index in [-0.39, 0.29) is 70.2 Å². The molecule has 270 valence electrons. The van der Waals surface area contributed by atoms with Crippen molar-refractivity contribution in [2.75, 3.05) is 13.2 Å². The van der Waals surface area contributed by atoms with Crippen LogP contribution >= 0.6 is 0 Å². The molecule has 2 unspecified atom stereocenters. The molecule has 5 heterocycles. The molecule has 50 heavy (non-hydrogen) atoms. The minimum atomic E-state index is -1.61. The van der Waals surface area contributed by atoms with Crippen LogP contribution in [0.4, 0.5) is 0 Å². The summed E-state index contributed by atoms with van der Waals surface area (Å²) >= 11 is 0. The van der Waals surface area contributed by atoms with Gasteiger partial charge in [-0.1, -0.05) is 13.8 Å². The highest BCUT2D eigenvalue weighted by atomic mass is 17.2. The first kappa shape index (κ1) is 34.7. The molecule has 0 aromatic heterocycles. The van der Waals surface area contributed by atoms with E-state index in [1.54, 1.807) is 6.92 Å². The first-order valence-corrected chi connectivity index (χ1v) is 17.4. The third-order valence-electron chi connectivity index (χ3n) is 12.0. The molecule has 7 aliphatic rings. The molecule has 2 aliphatic carbocycles. The number of phenolic OH excluding ortho intramolecular Hbond substituents is 2. The van der Waals surface area contributed by atoms with E-state index in [0.717, 1.165) is 19.3 Å². The van der Waals surface area contributed by atoms with E-state index >= 15 is 0 Å². The number of phenols is 2. The lowest BCUT2D eigenvalue weighted by atomic mass is 9.57. The van der Waals surface area contributed by atoms with Crippen molar-refractivity contribution in [1.82, 2.24) is 5.32 Å². The number of carbonyl (C=O) groups is 4. The van der Waals surface area contributed by atoms with E-state index in [4.69, 9.17) is 28.7 Å². The predicted octanol–water partition coefficient (Wildman–Crippen LogP) is 4.34. The summed E-state index contributed by atoms with van der Waals surface area (Å²) in [6, 6.07) is 0. The summed E-state index contributed by atoms with van der Waals surface area (Å²) in [4.78, 5) is 64.9. The van der Waals surface area contributed by atoms with Crippen molar-refractivity contribution in [3.05, 3.63) is 39.8 Å². The lowest BCUT2D eigenvalue weighted by Crippen LogP contribution is -2.69. The molecule has 1 aromatic rings. The van der Waals surface area contributed by atoms with Gasteiger partial charge in [-0.3, -0.25) is 19.2 Å². The van der Waals surface area contributed by atoms with Crippen molar-refractivity contribution in [3.8, 4) is 17.2 Å². The normalized spacial score (nSPS) is 37.9. The number of nitrogens with one attached hydrogen (secondary N) is 1. The molecule has 9 atom stereocenters. The molecular weight excluding hydrogens is 650 g/mol. The van der Waals surface area contributed by atoms with Gasteiger partial charge in [0.05, 0.1) is 17.7 Å². The molecule has 1 aromatic carbocycles. The molecule has 13 nitrogen and oxygen atoms in total. The third-order valence-corrected chi connectivity index (χ3v) is 12.0. The molecule has 1 spiro atoms. The SMILES string of the molecule is CC(=O)c1c(O)c(C)c(O)c2c1OC1=CC(=O)/C(=C(/C)NCCCC(=O)O[C@@H]3O[C@@H]4OCC5(C)CC6[C@H](C)CC[C@@H]([C@H]3C)[C@]64OO5)C(=O)[C@@]12C. The fraction of sp³-hybridized carbons (Fsp3) is 0.622. The van der Waals surface area contributed by atoms with E-state index in [1.807, 2.05) is 13.8 Å². The molecule has 0 radical (unpaired) electrons. The molecule has 4 saturated heterocycles. The average Bonchev–Trinajstić information content (AvgIpc) is 3.18. The van der Waals surface area contributed by atoms with Crippen LogP contribution in [0.1, 0.15) is 95.1 Å². The Bertz CT molecular complexity index is 1760. The second-order valence-electron chi connectivity index (χ2n) is 15.4. The summed E-state index contributed by atoms with van der Waals surface area (Å²) in [6.07, 6.45) is 2.73. The van der Waals surface area contributed by atoms with Crippen molar-refractivity contribution in [2.24, 2.45) is 23.7 Å². The van der Waals surface area contributed by atoms with E-state index in [0.29, 0.717) is 18.9 Å². The number of fused-ring (bicyclic) bond motifs is 5. The Balaban J connectivity index is 1.01. The summed E-state index contributed by atoms with van der Waals surface area (Å²) in [6.45, 7) is 12.6. The predicted molar refractivity (Wildman–Crippen MR) is 174 cm³/mol. The number of hydrogen-bond donors (Lipinski definition) is 3. The number of hydrogen-bond acceptors (Lipinski definition) is 13. The highest BCUT2D eigenvalue weighted by Crippen LogP contribution is 2.61. The number of aromatic hydroxyl groups is 2. The Morgan fingerprint density at radius 2 is 1.80 bits per heavy atom. The average molecular weight is 696 g/mol. The molecule has 8 rings (SSSR count). The van der Waals surface area contributed by atoms with Crippen LogP contribution in [-0.2, 0) is 43.8 Å². The fourth-order valence-electron chi connectivity index (χ4n) is 9.14. The Labute approximate surface area is 290 Å². The zero-order valence-electron chi connectivity index (χ0n) is 29.5. The molecular formula is C37H45NO12. The number of esters is 1. The van der Waals surface area contributed by atoms with Gasteiger partial charge < -0.3 is 34.5 Å². The molecule has 2 bridgehead atoms. The van der Waals surface area contributed by atoms with Gasteiger partial charge in [0.1, 0.15) is 39.6 Å². The number of ether oxygens (including phenoxy) is 4. The molecule has 13 heteroatoms. The van der Waals surface area contributed by atoms with Crippen LogP contribution < -0.4 is 10.1 Å². The van der Waals surface area contributed by atoms with Crippen LogP contribution in [0.5, 0.6) is 17.2 Å².